The molecule has 1 aliphatic carbocycles. The first kappa shape index (κ1) is 31.4. The summed E-state index contributed by atoms with van der Waals surface area (Å²) in [6.07, 6.45) is 0. The molecular weight excluding hydrogens is 669 g/mol. The lowest BCUT2D eigenvalue weighted by Crippen LogP contribution is -2.28. The van der Waals surface area contributed by atoms with Crippen LogP contribution in [0.3, 0.4) is 0 Å². The molecule has 55 heavy (non-hydrogen) atoms. The van der Waals surface area contributed by atoms with Crippen molar-refractivity contribution in [3.8, 4) is 44.9 Å². The minimum absolute atomic E-state index is 0.218. The van der Waals surface area contributed by atoms with E-state index in [1.165, 1.54) is 65.3 Å². The molecular formula is C53H34O2. The number of hydrogen-bond acceptors (Lipinski definition) is 2. The summed E-state index contributed by atoms with van der Waals surface area (Å²) in [5.74, 6) is 0.437. The second-order valence-electron chi connectivity index (χ2n) is 14.7. The number of phenols is 2. The van der Waals surface area contributed by atoms with E-state index in [9.17, 15) is 10.2 Å². The van der Waals surface area contributed by atoms with E-state index in [2.05, 4.69) is 170 Å². The summed E-state index contributed by atoms with van der Waals surface area (Å²) in [5, 5.41) is 31.0. The van der Waals surface area contributed by atoms with E-state index in [-0.39, 0.29) is 11.5 Å². The molecule has 258 valence electrons. The minimum atomic E-state index is -0.766. The Morgan fingerprint density at radius 1 is 0.291 bits per heavy atom. The van der Waals surface area contributed by atoms with E-state index in [1.54, 1.807) is 24.3 Å². The zero-order valence-corrected chi connectivity index (χ0v) is 29.9. The van der Waals surface area contributed by atoms with Crippen LogP contribution in [-0.4, -0.2) is 10.2 Å². The van der Waals surface area contributed by atoms with Gasteiger partial charge in [-0.15, -0.1) is 0 Å². The third-order valence-corrected chi connectivity index (χ3v) is 11.9. The van der Waals surface area contributed by atoms with Gasteiger partial charge in [0.2, 0.25) is 0 Å². The highest BCUT2D eigenvalue weighted by Crippen LogP contribution is 2.58. The monoisotopic (exact) mass is 702 g/mol. The Morgan fingerprint density at radius 3 is 1.07 bits per heavy atom. The summed E-state index contributed by atoms with van der Waals surface area (Å²) >= 11 is 0. The van der Waals surface area contributed by atoms with Gasteiger partial charge < -0.3 is 10.2 Å². The van der Waals surface area contributed by atoms with Crippen LogP contribution >= 0.6 is 0 Å². The van der Waals surface area contributed by atoms with Crippen molar-refractivity contribution in [2.75, 3.05) is 0 Å². The summed E-state index contributed by atoms with van der Waals surface area (Å²) in [6, 6.07) is 68.6. The number of rotatable bonds is 4. The average Bonchev–Trinajstić information content (AvgIpc) is 3.53. The molecule has 0 spiro atoms. The Balaban J connectivity index is 1.23. The van der Waals surface area contributed by atoms with Gasteiger partial charge in [-0.2, -0.15) is 0 Å². The molecule has 0 saturated carbocycles. The van der Waals surface area contributed by atoms with Crippen LogP contribution in [-0.2, 0) is 5.41 Å². The lowest BCUT2D eigenvalue weighted by molar-refractivity contribution is 0.475. The Morgan fingerprint density at radius 2 is 0.655 bits per heavy atom. The quantitative estimate of drug-likeness (QED) is 0.179. The average molecular weight is 703 g/mol. The molecule has 0 fully saturated rings. The molecule has 0 bridgehead atoms. The molecule has 10 aromatic carbocycles. The molecule has 10 aromatic rings. The van der Waals surface area contributed by atoms with Gasteiger partial charge in [-0.1, -0.05) is 146 Å². The summed E-state index contributed by atoms with van der Waals surface area (Å²) in [6.45, 7) is 0. The lowest BCUT2D eigenvalue weighted by Gasteiger charge is -2.34. The summed E-state index contributed by atoms with van der Waals surface area (Å²) < 4.78 is 0. The van der Waals surface area contributed by atoms with Gasteiger partial charge in [0.05, 0.1) is 5.41 Å². The number of hydrogen-bond donors (Lipinski definition) is 2. The number of fused-ring (bicyclic) bond motifs is 9. The second-order valence-corrected chi connectivity index (χ2v) is 14.7. The SMILES string of the molecule is Oc1ccc(C2(c3ccc(O)cc3)c3cc(-c4cc5ccccc5c5ccccc45)ccc3-c3ccc(-c4cc5ccccc5c5ccccc45)cc32)cc1. The highest BCUT2D eigenvalue weighted by molar-refractivity contribution is 6.15. The van der Waals surface area contributed by atoms with Crippen LogP contribution in [0.15, 0.2) is 194 Å². The molecule has 1 aliphatic rings. The smallest absolute Gasteiger partial charge is 0.115 e. The third kappa shape index (κ3) is 4.62. The van der Waals surface area contributed by atoms with Gasteiger partial charge >= 0.3 is 0 Å². The predicted molar refractivity (Wildman–Crippen MR) is 228 cm³/mol. The molecule has 2 N–H and O–H groups in total. The summed E-state index contributed by atoms with van der Waals surface area (Å²) in [7, 11) is 0. The van der Waals surface area contributed by atoms with Crippen molar-refractivity contribution >= 4 is 43.1 Å². The van der Waals surface area contributed by atoms with Gasteiger partial charge in [0.25, 0.3) is 0 Å². The largest absolute Gasteiger partial charge is 0.508 e. The van der Waals surface area contributed by atoms with E-state index >= 15 is 0 Å². The summed E-state index contributed by atoms with van der Waals surface area (Å²) in [5.41, 5.74) is 10.6. The van der Waals surface area contributed by atoms with E-state index in [1.807, 2.05) is 0 Å². The van der Waals surface area contributed by atoms with Crippen molar-refractivity contribution in [1.29, 1.82) is 0 Å². The lowest BCUT2D eigenvalue weighted by atomic mass is 9.67. The highest BCUT2D eigenvalue weighted by atomic mass is 16.3. The van der Waals surface area contributed by atoms with Crippen molar-refractivity contribution < 1.29 is 10.2 Å². The molecule has 0 unspecified atom stereocenters. The van der Waals surface area contributed by atoms with Crippen molar-refractivity contribution in [2.24, 2.45) is 0 Å². The van der Waals surface area contributed by atoms with Crippen LogP contribution in [0.5, 0.6) is 11.5 Å². The first-order valence-electron chi connectivity index (χ1n) is 18.8. The Hall–Kier alpha value is -7.16. The molecule has 2 heteroatoms. The van der Waals surface area contributed by atoms with Gasteiger partial charge in [-0.05, 0) is 147 Å². The zero-order chi connectivity index (χ0) is 36.7. The summed E-state index contributed by atoms with van der Waals surface area (Å²) in [4.78, 5) is 0. The van der Waals surface area contributed by atoms with Gasteiger partial charge in [-0.25, -0.2) is 0 Å². The van der Waals surface area contributed by atoms with Crippen molar-refractivity contribution in [3.63, 3.8) is 0 Å². The molecule has 0 amide bonds. The third-order valence-electron chi connectivity index (χ3n) is 11.9. The maximum atomic E-state index is 10.6. The maximum Gasteiger partial charge on any atom is 0.115 e. The van der Waals surface area contributed by atoms with Gasteiger partial charge in [0, 0.05) is 0 Å². The number of phenolic OH excluding ortho intramolecular Hbond substituents is 2. The molecule has 0 saturated heterocycles. The van der Waals surface area contributed by atoms with Gasteiger partial charge in [-0.3, -0.25) is 0 Å². The van der Waals surface area contributed by atoms with Crippen LogP contribution in [0.1, 0.15) is 22.3 Å². The first-order valence-corrected chi connectivity index (χ1v) is 18.8. The minimum Gasteiger partial charge on any atom is -0.508 e. The van der Waals surface area contributed by atoms with Crippen molar-refractivity contribution in [2.45, 2.75) is 5.41 Å². The fraction of sp³-hybridized carbons (Fsp3) is 0.0189. The van der Waals surface area contributed by atoms with Crippen molar-refractivity contribution in [3.05, 3.63) is 216 Å². The molecule has 0 radical (unpaired) electrons. The van der Waals surface area contributed by atoms with Crippen molar-refractivity contribution in [1.82, 2.24) is 0 Å². The Kier molecular flexibility index (Phi) is 6.80. The number of benzene rings is 10. The number of aromatic hydroxyl groups is 2. The van der Waals surface area contributed by atoms with Gasteiger partial charge in [0.15, 0.2) is 0 Å². The molecule has 0 aromatic heterocycles. The zero-order valence-electron chi connectivity index (χ0n) is 29.9. The van der Waals surface area contributed by atoms with Crippen LogP contribution < -0.4 is 0 Å². The van der Waals surface area contributed by atoms with Crippen LogP contribution in [0.4, 0.5) is 0 Å². The second kappa shape index (κ2) is 11.9. The first-order chi connectivity index (χ1) is 27.1. The maximum absolute atomic E-state index is 10.6. The van der Waals surface area contributed by atoms with E-state index in [0.717, 1.165) is 33.4 Å². The molecule has 0 atom stereocenters. The molecule has 2 nitrogen and oxygen atoms in total. The van der Waals surface area contributed by atoms with E-state index < -0.39 is 5.41 Å². The fourth-order valence-electron chi connectivity index (χ4n) is 9.46. The molecule has 11 rings (SSSR count). The van der Waals surface area contributed by atoms with Crippen LogP contribution in [0.25, 0.3) is 76.5 Å². The fourth-order valence-corrected chi connectivity index (χ4v) is 9.46. The van der Waals surface area contributed by atoms with Crippen LogP contribution in [0.2, 0.25) is 0 Å². The molecule has 0 aliphatic heterocycles. The Bertz CT molecular complexity index is 2940. The van der Waals surface area contributed by atoms with E-state index in [4.69, 9.17) is 0 Å². The van der Waals surface area contributed by atoms with Gasteiger partial charge in [0.1, 0.15) is 11.5 Å². The normalized spacial score (nSPS) is 13.0. The Labute approximate surface area is 318 Å². The standard InChI is InChI=1S/C53H34O2/c54-39-23-19-37(20-24-39)53(38-21-25-40(55)26-22-38)51-31-35(49-29-33-9-1-3-11-41(33)43-13-5-7-15-45(43)49)17-27-47(51)48-28-18-36(32-52(48)53)50-30-34-10-2-4-12-42(34)44-14-6-8-16-46(44)50/h1-32,54-55H. The van der Waals surface area contributed by atoms with E-state index in [0.29, 0.717) is 0 Å². The predicted octanol–water partition coefficient (Wildman–Crippen LogP) is 13.4. The highest BCUT2D eigenvalue weighted by Gasteiger charge is 2.46. The van der Waals surface area contributed by atoms with Crippen LogP contribution in [0, 0.1) is 0 Å². The topological polar surface area (TPSA) is 40.5 Å². The molecule has 0 heterocycles.